The van der Waals surface area contributed by atoms with Crippen molar-refractivity contribution >= 4 is 29.0 Å². The van der Waals surface area contributed by atoms with E-state index in [-0.39, 0.29) is 30.5 Å². The maximum Gasteiger partial charge on any atom is 0.322 e. The summed E-state index contributed by atoms with van der Waals surface area (Å²) >= 11 is 1.45. The fourth-order valence-electron chi connectivity index (χ4n) is 2.27. The summed E-state index contributed by atoms with van der Waals surface area (Å²) in [5.74, 6) is -0.117. The summed E-state index contributed by atoms with van der Waals surface area (Å²) in [7, 11) is 0. The minimum Gasteiger partial charge on any atom is -0.402 e. The van der Waals surface area contributed by atoms with E-state index < -0.39 is 0 Å². The Hall–Kier alpha value is -2.87. The van der Waals surface area contributed by atoms with E-state index in [1.54, 1.807) is 24.3 Å². The summed E-state index contributed by atoms with van der Waals surface area (Å²) in [4.78, 5) is 29.0. The van der Waals surface area contributed by atoms with Crippen molar-refractivity contribution in [2.24, 2.45) is 0 Å². The first-order valence-electron chi connectivity index (χ1n) is 7.69. The van der Waals surface area contributed by atoms with Gasteiger partial charge in [0.2, 0.25) is 5.91 Å². The molecule has 1 aromatic carbocycles. The smallest absolute Gasteiger partial charge is 0.322 e. The van der Waals surface area contributed by atoms with E-state index in [0.29, 0.717) is 11.5 Å². The van der Waals surface area contributed by atoms with Crippen molar-refractivity contribution in [2.45, 2.75) is 26.7 Å². The van der Waals surface area contributed by atoms with E-state index in [2.05, 4.69) is 20.5 Å². The Morgan fingerprint density at radius 1 is 1.12 bits per heavy atom. The van der Waals surface area contributed by atoms with Crippen LogP contribution in [-0.4, -0.2) is 26.9 Å². The van der Waals surface area contributed by atoms with Crippen LogP contribution < -0.4 is 5.32 Å². The lowest BCUT2D eigenvalue weighted by molar-refractivity contribution is -0.116. The molecule has 25 heavy (non-hydrogen) atoms. The van der Waals surface area contributed by atoms with Gasteiger partial charge in [0.25, 0.3) is 5.89 Å². The third kappa shape index (κ3) is 4.16. The van der Waals surface area contributed by atoms with Gasteiger partial charge < -0.3 is 4.42 Å². The maximum absolute atomic E-state index is 12.0. The number of carbonyl (C=O) groups is 2. The predicted molar refractivity (Wildman–Crippen MR) is 93.5 cm³/mol. The molecule has 0 aliphatic heterocycles. The quantitative estimate of drug-likeness (QED) is 0.680. The molecule has 0 saturated heterocycles. The van der Waals surface area contributed by atoms with Crippen LogP contribution in [0.4, 0.5) is 6.01 Å². The number of ketones is 1. The summed E-state index contributed by atoms with van der Waals surface area (Å²) in [6.45, 7) is 3.75. The molecule has 8 heteroatoms. The zero-order valence-electron chi connectivity index (χ0n) is 13.8. The second kappa shape index (κ2) is 7.35. The number of aryl methyl sites for hydroxylation is 2. The van der Waals surface area contributed by atoms with Gasteiger partial charge >= 0.3 is 6.01 Å². The van der Waals surface area contributed by atoms with Crippen LogP contribution in [0, 0.1) is 13.8 Å². The van der Waals surface area contributed by atoms with Crippen molar-refractivity contribution in [3.8, 4) is 10.8 Å². The number of thiazole rings is 1. The van der Waals surface area contributed by atoms with Crippen molar-refractivity contribution < 1.29 is 14.0 Å². The molecule has 7 nitrogen and oxygen atoms in total. The SMILES string of the molecule is Cc1nc(C)c(-c2nnc(NC(=O)CCC(=O)c3ccccc3)o2)s1. The number of nitrogens with zero attached hydrogens (tertiary/aromatic N) is 3. The van der Waals surface area contributed by atoms with Crippen molar-refractivity contribution in [1.82, 2.24) is 15.2 Å². The zero-order valence-corrected chi connectivity index (χ0v) is 14.6. The zero-order chi connectivity index (χ0) is 17.8. The fourth-order valence-corrected chi connectivity index (χ4v) is 3.11. The van der Waals surface area contributed by atoms with Crippen LogP contribution in [0.1, 0.15) is 33.9 Å². The van der Waals surface area contributed by atoms with E-state index in [9.17, 15) is 9.59 Å². The standard InChI is InChI=1S/C17H16N4O3S/c1-10-15(25-11(2)18-10)16-20-21-17(24-16)19-14(23)9-8-13(22)12-6-4-3-5-7-12/h3-7H,8-9H2,1-2H3,(H,19,21,23). The molecule has 0 aliphatic rings. The number of amides is 1. The van der Waals surface area contributed by atoms with Crippen LogP contribution in [0.5, 0.6) is 0 Å². The van der Waals surface area contributed by atoms with Crippen LogP contribution in [0.3, 0.4) is 0 Å². The predicted octanol–water partition coefficient (Wildman–Crippen LogP) is 3.41. The molecule has 0 bridgehead atoms. The molecular formula is C17H16N4O3S. The van der Waals surface area contributed by atoms with Gasteiger partial charge in [0, 0.05) is 18.4 Å². The summed E-state index contributed by atoms with van der Waals surface area (Å²) in [5.41, 5.74) is 1.39. The largest absolute Gasteiger partial charge is 0.402 e. The number of anilines is 1. The molecule has 0 saturated carbocycles. The number of benzene rings is 1. The number of Topliss-reactive ketones (excluding diaryl/α,β-unsaturated/α-hetero) is 1. The van der Waals surface area contributed by atoms with Gasteiger partial charge in [0.05, 0.1) is 10.7 Å². The molecule has 1 amide bonds. The first-order valence-corrected chi connectivity index (χ1v) is 8.50. The van der Waals surface area contributed by atoms with Gasteiger partial charge in [0.1, 0.15) is 4.88 Å². The average molecular weight is 356 g/mol. The van der Waals surface area contributed by atoms with Crippen molar-refractivity contribution in [2.75, 3.05) is 5.32 Å². The Bertz CT molecular complexity index is 902. The van der Waals surface area contributed by atoms with E-state index in [4.69, 9.17) is 4.42 Å². The number of rotatable bonds is 6. The summed E-state index contributed by atoms with van der Waals surface area (Å²) in [6, 6.07) is 8.88. The monoisotopic (exact) mass is 356 g/mol. The van der Waals surface area contributed by atoms with Crippen LogP contribution in [0.25, 0.3) is 10.8 Å². The summed E-state index contributed by atoms with van der Waals surface area (Å²) in [6.07, 6.45) is 0.161. The van der Waals surface area contributed by atoms with Crippen LogP contribution in [0.15, 0.2) is 34.7 Å². The maximum atomic E-state index is 12.0. The van der Waals surface area contributed by atoms with Crippen LogP contribution in [-0.2, 0) is 4.79 Å². The number of nitrogens with one attached hydrogen (secondary N) is 1. The van der Waals surface area contributed by atoms with E-state index >= 15 is 0 Å². The van der Waals surface area contributed by atoms with Gasteiger partial charge in [-0.25, -0.2) is 4.98 Å². The minimum atomic E-state index is -0.350. The van der Waals surface area contributed by atoms with Gasteiger partial charge in [-0.05, 0) is 13.8 Å². The number of aromatic nitrogens is 3. The van der Waals surface area contributed by atoms with Gasteiger partial charge in [-0.1, -0.05) is 35.4 Å². The number of hydrogen-bond acceptors (Lipinski definition) is 7. The molecule has 3 rings (SSSR count). The van der Waals surface area contributed by atoms with Crippen LogP contribution in [0.2, 0.25) is 0 Å². The first-order chi connectivity index (χ1) is 12.0. The molecule has 0 aliphatic carbocycles. The Morgan fingerprint density at radius 2 is 1.88 bits per heavy atom. The minimum absolute atomic E-state index is 0.0117. The summed E-state index contributed by atoms with van der Waals surface area (Å²) in [5, 5.41) is 11.2. The highest BCUT2D eigenvalue weighted by atomic mass is 32.1. The molecule has 128 valence electrons. The van der Waals surface area contributed by atoms with E-state index in [0.717, 1.165) is 15.6 Å². The highest BCUT2D eigenvalue weighted by Crippen LogP contribution is 2.29. The normalized spacial score (nSPS) is 10.6. The second-order valence-corrected chi connectivity index (χ2v) is 6.60. The average Bonchev–Trinajstić information content (AvgIpc) is 3.19. The molecule has 2 aromatic heterocycles. The van der Waals surface area contributed by atoms with Gasteiger partial charge in [-0.15, -0.1) is 16.4 Å². The van der Waals surface area contributed by atoms with Crippen molar-refractivity contribution in [3.63, 3.8) is 0 Å². The van der Waals surface area contributed by atoms with Crippen molar-refractivity contribution in [3.05, 3.63) is 46.6 Å². The van der Waals surface area contributed by atoms with Gasteiger partial charge in [-0.2, -0.15) is 0 Å². The summed E-state index contributed by atoms with van der Waals surface area (Å²) < 4.78 is 5.46. The fraction of sp³-hybridized carbons (Fsp3) is 0.235. The molecular weight excluding hydrogens is 340 g/mol. The Labute approximate surface area is 148 Å². The third-order valence-electron chi connectivity index (χ3n) is 3.44. The lowest BCUT2D eigenvalue weighted by Gasteiger charge is -2.01. The Kier molecular flexibility index (Phi) is 4.99. The molecule has 0 fully saturated rings. The third-order valence-corrected chi connectivity index (χ3v) is 4.50. The highest BCUT2D eigenvalue weighted by molar-refractivity contribution is 7.15. The second-order valence-electron chi connectivity index (χ2n) is 5.40. The van der Waals surface area contributed by atoms with Gasteiger partial charge in [0.15, 0.2) is 5.78 Å². The molecule has 0 unspecified atom stereocenters. The highest BCUT2D eigenvalue weighted by Gasteiger charge is 2.16. The first kappa shape index (κ1) is 17.0. The Morgan fingerprint density at radius 3 is 2.56 bits per heavy atom. The van der Waals surface area contributed by atoms with E-state index in [1.165, 1.54) is 11.3 Å². The topological polar surface area (TPSA) is 98.0 Å². The molecule has 3 aromatic rings. The molecule has 0 spiro atoms. The lowest BCUT2D eigenvalue weighted by atomic mass is 10.1. The number of hydrogen-bond donors (Lipinski definition) is 1. The number of carbonyl (C=O) groups excluding carboxylic acids is 2. The van der Waals surface area contributed by atoms with Gasteiger partial charge in [-0.3, -0.25) is 14.9 Å². The molecule has 0 radical (unpaired) electrons. The van der Waals surface area contributed by atoms with E-state index in [1.807, 2.05) is 19.9 Å². The molecule has 0 atom stereocenters. The Balaban J connectivity index is 1.57. The molecule has 1 N–H and O–H groups in total. The van der Waals surface area contributed by atoms with Crippen LogP contribution >= 0.6 is 11.3 Å². The van der Waals surface area contributed by atoms with Crippen molar-refractivity contribution in [1.29, 1.82) is 0 Å². The lowest BCUT2D eigenvalue weighted by Crippen LogP contribution is -2.13. The molecule has 2 heterocycles.